The lowest BCUT2D eigenvalue weighted by Gasteiger charge is -2.35. The summed E-state index contributed by atoms with van der Waals surface area (Å²) in [7, 11) is 0.832. The molecule has 8 nitrogen and oxygen atoms in total. The number of benzene rings is 3. The molecule has 0 saturated carbocycles. The molecule has 3 aromatic heterocycles. The van der Waals surface area contributed by atoms with Crippen LogP contribution in [0.1, 0.15) is 47.6 Å². The highest BCUT2D eigenvalue weighted by Crippen LogP contribution is 2.33. The van der Waals surface area contributed by atoms with E-state index in [1.54, 1.807) is 10.9 Å². The van der Waals surface area contributed by atoms with E-state index in [-0.39, 0.29) is 5.78 Å². The SMILES string of the molecule is CCN1CCN(c2cc(-c3cccc(CCC(C)CPCCOc4cccc(C(=O)c5cscn5)c4)c3)nc3c(-c4ccccc4)c(C)nn23)CC1. The summed E-state index contributed by atoms with van der Waals surface area (Å²) >= 11 is 1.43. The molecule has 0 N–H and O–H groups in total. The molecule has 10 heteroatoms. The van der Waals surface area contributed by atoms with Crippen LogP contribution < -0.4 is 9.64 Å². The van der Waals surface area contributed by atoms with E-state index in [0.29, 0.717) is 23.8 Å². The number of fused-ring (bicyclic) bond motifs is 1. The van der Waals surface area contributed by atoms with Gasteiger partial charge in [0.2, 0.25) is 5.78 Å². The van der Waals surface area contributed by atoms with Crippen LogP contribution in [-0.2, 0) is 6.42 Å². The monoisotopic (exact) mass is 730 g/mol. The third-order valence-electron chi connectivity index (χ3n) is 9.90. The summed E-state index contributed by atoms with van der Waals surface area (Å²) in [5.41, 5.74) is 10.4. The molecule has 7 rings (SSSR count). The summed E-state index contributed by atoms with van der Waals surface area (Å²) in [4.78, 5) is 27.1. The molecular weight excluding hydrogens is 684 g/mol. The molecule has 1 aliphatic heterocycles. The molecule has 52 heavy (non-hydrogen) atoms. The molecule has 1 aliphatic rings. The van der Waals surface area contributed by atoms with E-state index in [1.165, 1.54) is 23.1 Å². The van der Waals surface area contributed by atoms with Gasteiger partial charge in [0.05, 0.1) is 23.5 Å². The summed E-state index contributed by atoms with van der Waals surface area (Å²) in [5, 5.41) is 6.83. The number of aromatic nitrogens is 4. The van der Waals surface area contributed by atoms with Crippen LogP contribution in [-0.4, -0.2) is 81.9 Å². The molecule has 0 amide bonds. The fraction of sp³-hybridized carbons (Fsp3) is 0.333. The van der Waals surface area contributed by atoms with E-state index in [1.807, 2.05) is 24.3 Å². The zero-order chi connectivity index (χ0) is 35.9. The molecule has 0 aliphatic carbocycles. The lowest BCUT2D eigenvalue weighted by Crippen LogP contribution is -2.46. The van der Waals surface area contributed by atoms with Gasteiger partial charge in [-0.3, -0.25) is 4.79 Å². The van der Waals surface area contributed by atoms with Gasteiger partial charge in [0.15, 0.2) is 5.65 Å². The third kappa shape index (κ3) is 8.44. The van der Waals surface area contributed by atoms with Gasteiger partial charge in [-0.1, -0.05) is 74.5 Å². The largest absolute Gasteiger partial charge is 0.493 e. The van der Waals surface area contributed by atoms with E-state index >= 15 is 0 Å². The van der Waals surface area contributed by atoms with Gasteiger partial charge in [-0.25, -0.2) is 9.97 Å². The lowest BCUT2D eigenvalue weighted by molar-refractivity contribution is 0.103. The summed E-state index contributed by atoms with van der Waals surface area (Å²) in [6, 6.07) is 29.2. The van der Waals surface area contributed by atoms with Crippen molar-refractivity contribution in [2.75, 3.05) is 56.6 Å². The van der Waals surface area contributed by atoms with Crippen molar-refractivity contribution >= 4 is 37.2 Å². The molecule has 3 aromatic carbocycles. The topological polar surface area (TPSA) is 75.9 Å². The summed E-state index contributed by atoms with van der Waals surface area (Å²) < 4.78 is 8.09. The van der Waals surface area contributed by atoms with E-state index in [0.717, 1.165) is 106 Å². The van der Waals surface area contributed by atoms with Gasteiger partial charge in [0, 0.05) is 54.3 Å². The number of rotatable bonds is 15. The van der Waals surface area contributed by atoms with E-state index in [4.69, 9.17) is 14.8 Å². The number of ketones is 1. The van der Waals surface area contributed by atoms with Crippen LogP contribution in [0.4, 0.5) is 5.82 Å². The Morgan fingerprint density at radius 2 is 1.77 bits per heavy atom. The first-order valence-electron chi connectivity index (χ1n) is 18.4. The van der Waals surface area contributed by atoms with Gasteiger partial charge in [-0.2, -0.15) is 9.61 Å². The minimum atomic E-state index is -0.0679. The summed E-state index contributed by atoms with van der Waals surface area (Å²) in [6.07, 6.45) is 4.36. The van der Waals surface area contributed by atoms with Gasteiger partial charge in [-0.05, 0) is 73.9 Å². The van der Waals surface area contributed by atoms with E-state index in [2.05, 4.69) is 101 Å². The molecule has 4 heterocycles. The van der Waals surface area contributed by atoms with Crippen LogP contribution in [0.25, 0.3) is 28.0 Å². The Morgan fingerprint density at radius 1 is 0.962 bits per heavy atom. The third-order valence-corrected chi connectivity index (χ3v) is 12.0. The second-order valence-electron chi connectivity index (χ2n) is 13.6. The molecule has 2 unspecified atom stereocenters. The van der Waals surface area contributed by atoms with Crippen LogP contribution in [0.5, 0.6) is 5.75 Å². The molecular formula is C42H47N6O2PS. The maximum atomic E-state index is 12.6. The second-order valence-corrected chi connectivity index (χ2v) is 15.7. The number of aryl methyl sites for hydroxylation is 2. The second kappa shape index (κ2) is 16.9. The first-order valence-corrected chi connectivity index (χ1v) is 20.7. The fourth-order valence-corrected chi connectivity index (χ4v) is 8.59. The van der Waals surface area contributed by atoms with Crippen molar-refractivity contribution in [1.82, 2.24) is 24.5 Å². The predicted molar refractivity (Wildman–Crippen MR) is 216 cm³/mol. The van der Waals surface area contributed by atoms with Gasteiger partial charge in [0.25, 0.3) is 0 Å². The van der Waals surface area contributed by atoms with Crippen molar-refractivity contribution in [1.29, 1.82) is 0 Å². The molecule has 0 radical (unpaired) electrons. The average Bonchev–Trinajstić information content (AvgIpc) is 3.85. The number of nitrogens with zero attached hydrogens (tertiary/aromatic N) is 6. The Morgan fingerprint density at radius 3 is 2.56 bits per heavy atom. The molecule has 1 fully saturated rings. The highest BCUT2D eigenvalue weighted by Gasteiger charge is 2.23. The smallest absolute Gasteiger partial charge is 0.212 e. The maximum Gasteiger partial charge on any atom is 0.212 e. The van der Waals surface area contributed by atoms with Crippen LogP contribution in [0.15, 0.2) is 95.8 Å². The number of likely N-dealkylation sites (N-methyl/N-ethyl adjacent to an activating group) is 1. The minimum absolute atomic E-state index is 0.0679. The van der Waals surface area contributed by atoms with Crippen molar-refractivity contribution in [3.05, 3.63) is 118 Å². The van der Waals surface area contributed by atoms with Crippen molar-refractivity contribution in [2.24, 2.45) is 5.92 Å². The van der Waals surface area contributed by atoms with Crippen LogP contribution in [0.3, 0.4) is 0 Å². The first kappa shape index (κ1) is 36.0. The van der Waals surface area contributed by atoms with Gasteiger partial charge in [0.1, 0.15) is 17.3 Å². The standard InChI is InChI=1S/C42H47N6O2PS/c1-4-46-18-20-47(21-19-46)39-26-37(44-42-40(31(3)45-48(39)42)33-11-6-5-7-12-33)34-13-8-10-32(24-34)17-16-30(2)27-51-23-22-50-36-15-9-14-35(25-36)41(49)38-28-52-29-43-38/h5-15,24-26,28-30,51H,4,16-23,27H2,1-3H3. The maximum absolute atomic E-state index is 12.6. The van der Waals surface area contributed by atoms with Crippen molar-refractivity contribution in [3.63, 3.8) is 0 Å². The number of thiazole rings is 1. The van der Waals surface area contributed by atoms with Crippen LogP contribution >= 0.6 is 19.9 Å². The first-order chi connectivity index (χ1) is 25.5. The quantitative estimate of drug-likeness (QED) is 0.0596. The number of ether oxygens (including phenoxy) is 1. The Hall–Kier alpha value is -4.43. The van der Waals surface area contributed by atoms with Gasteiger partial charge < -0.3 is 14.5 Å². The summed E-state index contributed by atoms with van der Waals surface area (Å²) in [5.74, 6) is 2.40. The van der Waals surface area contributed by atoms with Crippen LogP contribution in [0.2, 0.25) is 0 Å². The Kier molecular flexibility index (Phi) is 11.7. The molecule has 0 spiro atoms. The molecule has 1 saturated heterocycles. The molecule has 2 atom stereocenters. The Labute approximate surface area is 312 Å². The van der Waals surface area contributed by atoms with Gasteiger partial charge in [-0.15, -0.1) is 19.9 Å². The number of carbonyl (C=O) groups is 1. The number of hydrogen-bond donors (Lipinski definition) is 0. The highest BCUT2D eigenvalue weighted by atomic mass is 32.1. The Bertz CT molecular complexity index is 2090. The number of anilines is 1. The zero-order valence-corrected chi connectivity index (χ0v) is 32.1. The fourth-order valence-electron chi connectivity index (χ4n) is 6.91. The van der Waals surface area contributed by atoms with Gasteiger partial charge >= 0.3 is 0 Å². The number of hydrogen-bond acceptors (Lipinski definition) is 8. The van der Waals surface area contributed by atoms with Crippen molar-refractivity contribution in [2.45, 2.75) is 33.6 Å². The summed E-state index contributed by atoms with van der Waals surface area (Å²) in [6.45, 7) is 12.5. The van der Waals surface area contributed by atoms with E-state index in [9.17, 15) is 4.79 Å². The molecule has 0 bridgehead atoms. The molecule has 268 valence electrons. The van der Waals surface area contributed by atoms with Crippen molar-refractivity contribution < 1.29 is 9.53 Å². The number of carbonyl (C=O) groups excluding carboxylic acids is 1. The van der Waals surface area contributed by atoms with E-state index < -0.39 is 0 Å². The zero-order valence-electron chi connectivity index (χ0n) is 30.3. The lowest BCUT2D eigenvalue weighted by atomic mass is 10.00. The highest BCUT2D eigenvalue weighted by molar-refractivity contribution is 7.38. The predicted octanol–water partition coefficient (Wildman–Crippen LogP) is 8.53. The molecule has 6 aromatic rings. The van der Waals surface area contributed by atoms with Crippen LogP contribution in [0, 0.1) is 12.8 Å². The van der Waals surface area contributed by atoms with Crippen molar-refractivity contribution in [3.8, 4) is 28.1 Å². The number of piperazine rings is 1. The average molecular weight is 731 g/mol. The minimum Gasteiger partial charge on any atom is -0.493 e. The normalized spacial score (nSPS) is 14.4. The Balaban J connectivity index is 0.987.